The van der Waals surface area contributed by atoms with Crippen LogP contribution in [0.1, 0.15) is 43.6 Å². The van der Waals surface area contributed by atoms with E-state index in [0.29, 0.717) is 21.2 Å². The minimum absolute atomic E-state index is 0.156. The van der Waals surface area contributed by atoms with Crippen molar-refractivity contribution in [3.8, 4) is 17.0 Å². The van der Waals surface area contributed by atoms with Gasteiger partial charge in [-0.05, 0) is 49.3 Å². The summed E-state index contributed by atoms with van der Waals surface area (Å²) in [6.07, 6.45) is 8.93. The number of ether oxygens (including phenoxy) is 1. The molecule has 0 amide bonds. The zero-order valence-corrected chi connectivity index (χ0v) is 19.9. The topological polar surface area (TPSA) is 90.1 Å². The maximum atomic E-state index is 13.1. The Morgan fingerprint density at radius 1 is 1.27 bits per heavy atom. The van der Waals surface area contributed by atoms with Crippen LogP contribution in [0.15, 0.2) is 28.7 Å². The standard InChI is InChI=1S/C24H24N4O3S2/c1-28-10-14-5-13(9-25-21(14)27-28)18-6-17(15-7-24(8-15)11-31-12-24)19-20(29)23(32-22(19)26-18)33(30)16-3-2-4-16/h5-6,9-10,15-16,29H,2-4,7-8,11-12H2,1H3. The van der Waals surface area contributed by atoms with E-state index in [4.69, 9.17) is 9.72 Å². The summed E-state index contributed by atoms with van der Waals surface area (Å²) in [5.41, 5.74) is 3.89. The first-order chi connectivity index (χ1) is 16.0. The van der Waals surface area contributed by atoms with Crippen LogP contribution >= 0.6 is 11.3 Å². The fourth-order valence-corrected chi connectivity index (χ4v) is 8.60. The van der Waals surface area contributed by atoms with Gasteiger partial charge in [0.25, 0.3) is 0 Å². The third-order valence-corrected chi connectivity index (χ3v) is 10.8. The Hall–Kier alpha value is -2.36. The molecule has 1 saturated heterocycles. The highest BCUT2D eigenvalue weighted by molar-refractivity contribution is 7.88. The van der Waals surface area contributed by atoms with Crippen LogP contribution in [-0.2, 0) is 22.6 Å². The van der Waals surface area contributed by atoms with E-state index in [9.17, 15) is 9.32 Å². The van der Waals surface area contributed by atoms with Crippen LogP contribution in [0.25, 0.3) is 32.5 Å². The van der Waals surface area contributed by atoms with E-state index in [2.05, 4.69) is 22.2 Å². The summed E-state index contributed by atoms with van der Waals surface area (Å²) >= 11 is 1.39. The van der Waals surface area contributed by atoms with Gasteiger partial charge in [-0.15, -0.1) is 11.3 Å². The first kappa shape index (κ1) is 20.1. The minimum Gasteiger partial charge on any atom is -0.505 e. The molecule has 3 fully saturated rings. The summed E-state index contributed by atoms with van der Waals surface area (Å²) < 4.78 is 21.0. The molecule has 0 bridgehead atoms. The van der Waals surface area contributed by atoms with Crippen LogP contribution in [0.5, 0.6) is 5.75 Å². The average Bonchev–Trinajstić information content (AvgIpc) is 3.22. The molecule has 1 unspecified atom stereocenters. The molecular formula is C24H24N4O3S2. The van der Waals surface area contributed by atoms with Gasteiger partial charge in [-0.2, -0.15) is 5.10 Å². The molecule has 7 nitrogen and oxygen atoms in total. The van der Waals surface area contributed by atoms with Crippen LogP contribution < -0.4 is 0 Å². The third-order valence-electron chi connectivity index (χ3n) is 7.56. The molecule has 9 heteroatoms. The molecule has 4 aromatic heterocycles. The number of fused-ring (bicyclic) bond motifs is 2. The van der Waals surface area contributed by atoms with E-state index in [1.54, 1.807) is 4.68 Å². The summed E-state index contributed by atoms with van der Waals surface area (Å²) in [5.74, 6) is 0.527. The molecule has 5 heterocycles. The second-order valence-electron chi connectivity index (χ2n) is 9.90. The molecule has 33 heavy (non-hydrogen) atoms. The van der Waals surface area contributed by atoms with Crippen molar-refractivity contribution in [3.63, 3.8) is 0 Å². The number of aromatic hydroxyl groups is 1. The summed E-state index contributed by atoms with van der Waals surface area (Å²) in [5, 5.41) is 17.5. The molecule has 3 aliphatic rings. The lowest BCUT2D eigenvalue weighted by atomic mass is 9.58. The highest BCUT2D eigenvalue weighted by Crippen LogP contribution is 2.58. The van der Waals surface area contributed by atoms with Crippen molar-refractivity contribution in [1.29, 1.82) is 0 Å². The monoisotopic (exact) mass is 480 g/mol. The van der Waals surface area contributed by atoms with Crippen molar-refractivity contribution in [1.82, 2.24) is 19.7 Å². The average molecular weight is 481 g/mol. The Morgan fingerprint density at radius 2 is 2.09 bits per heavy atom. The molecule has 0 aromatic carbocycles. The largest absolute Gasteiger partial charge is 0.505 e. The second-order valence-corrected chi connectivity index (χ2v) is 12.8. The SMILES string of the molecule is Cn1cc2cc(-c3cc(C4CC5(COC5)C4)c4c(O)c(S(=O)C5CCC5)sc4n3)cnc2n1. The number of pyridine rings is 2. The first-order valence-electron chi connectivity index (χ1n) is 11.4. The smallest absolute Gasteiger partial charge is 0.181 e. The molecule has 1 atom stereocenters. The third kappa shape index (κ3) is 3.02. The van der Waals surface area contributed by atoms with Crippen LogP contribution in [-0.4, -0.2) is 47.5 Å². The Bertz CT molecular complexity index is 1440. The van der Waals surface area contributed by atoms with E-state index in [0.717, 1.165) is 77.7 Å². The molecule has 1 N–H and O–H groups in total. The lowest BCUT2D eigenvalue weighted by Gasteiger charge is -2.53. The molecule has 1 spiro atoms. The van der Waals surface area contributed by atoms with Gasteiger partial charge >= 0.3 is 0 Å². The Balaban J connectivity index is 1.37. The number of rotatable bonds is 4. The second kappa shape index (κ2) is 7.07. The fourth-order valence-electron chi connectivity index (χ4n) is 5.44. The fraction of sp³-hybridized carbons (Fsp3) is 0.458. The van der Waals surface area contributed by atoms with E-state index >= 15 is 0 Å². The highest BCUT2D eigenvalue weighted by Gasteiger charge is 2.50. The van der Waals surface area contributed by atoms with Gasteiger partial charge in [0.1, 0.15) is 9.04 Å². The summed E-state index contributed by atoms with van der Waals surface area (Å²) in [7, 11) is 0.709. The van der Waals surface area contributed by atoms with Crippen molar-refractivity contribution < 1.29 is 14.1 Å². The lowest BCUT2D eigenvalue weighted by molar-refractivity contribution is -0.164. The molecule has 2 saturated carbocycles. The molecular weight excluding hydrogens is 456 g/mol. The Labute approximate surface area is 197 Å². The van der Waals surface area contributed by atoms with Gasteiger partial charge in [0, 0.05) is 41.1 Å². The van der Waals surface area contributed by atoms with Crippen LogP contribution in [0.2, 0.25) is 0 Å². The quantitative estimate of drug-likeness (QED) is 0.462. The van der Waals surface area contributed by atoms with E-state index in [-0.39, 0.29) is 11.0 Å². The van der Waals surface area contributed by atoms with Gasteiger partial charge in [-0.1, -0.05) is 6.42 Å². The van der Waals surface area contributed by atoms with Crippen molar-refractivity contribution in [2.45, 2.75) is 47.5 Å². The number of nitrogens with zero attached hydrogens (tertiary/aromatic N) is 4. The first-order valence-corrected chi connectivity index (χ1v) is 13.5. The summed E-state index contributed by atoms with van der Waals surface area (Å²) in [6, 6.07) is 4.18. The van der Waals surface area contributed by atoms with Crippen molar-refractivity contribution in [3.05, 3.63) is 30.1 Å². The van der Waals surface area contributed by atoms with E-state index < -0.39 is 10.8 Å². The van der Waals surface area contributed by atoms with Gasteiger partial charge in [0.2, 0.25) is 0 Å². The maximum absolute atomic E-state index is 13.1. The van der Waals surface area contributed by atoms with Gasteiger partial charge in [0.05, 0.1) is 35.1 Å². The van der Waals surface area contributed by atoms with E-state index in [1.165, 1.54) is 11.3 Å². The number of hydrogen-bond acceptors (Lipinski definition) is 7. The lowest BCUT2D eigenvalue weighted by Crippen LogP contribution is -2.51. The maximum Gasteiger partial charge on any atom is 0.181 e. The number of aromatic nitrogens is 4. The number of thiophene rings is 1. The molecule has 2 aliphatic carbocycles. The van der Waals surface area contributed by atoms with Gasteiger partial charge in [-0.25, -0.2) is 9.97 Å². The van der Waals surface area contributed by atoms with Crippen LogP contribution in [0.4, 0.5) is 0 Å². The van der Waals surface area contributed by atoms with Crippen molar-refractivity contribution >= 4 is 43.4 Å². The predicted molar refractivity (Wildman–Crippen MR) is 128 cm³/mol. The van der Waals surface area contributed by atoms with Crippen molar-refractivity contribution in [2.24, 2.45) is 12.5 Å². The predicted octanol–water partition coefficient (Wildman–Crippen LogP) is 4.50. The summed E-state index contributed by atoms with van der Waals surface area (Å²) in [6.45, 7) is 1.66. The van der Waals surface area contributed by atoms with Crippen molar-refractivity contribution in [2.75, 3.05) is 13.2 Å². The van der Waals surface area contributed by atoms with Crippen LogP contribution in [0, 0.1) is 5.41 Å². The van der Waals surface area contributed by atoms with Gasteiger partial charge in [-0.3, -0.25) is 8.89 Å². The Kier molecular flexibility index (Phi) is 4.30. The molecule has 0 radical (unpaired) electrons. The number of aryl methyl sites for hydroxylation is 1. The van der Waals surface area contributed by atoms with E-state index in [1.807, 2.05) is 19.4 Å². The normalized spacial score (nSPS) is 21.2. The van der Waals surface area contributed by atoms with Crippen LogP contribution in [0.3, 0.4) is 0 Å². The zero-order chi connectivity index (χ0) is 22.3. The number of hydrogen-bond donors (Lipinski definition) is 1. The highest BCUT2D eigenvalue weighted by atomic mass is 32.2. The molecule has 170 valence electrons. The molecule has 7 rings (SSSR count). The van der Waals surface area contributed by atoms with Gasteiger partial charge in [0.15, 0.2) is 11.4 Å². The summed E-state index contributed by atoms with van der Waals surface area (Å²) in [4.78, 5) is 10.2. The molecule has 1 aliphatic heterocycles. The van der Waals surface area contributed by atoms with Gasteiger partial charge < -0.3 is 9.84 Å². The molecule has 4 aromatic rings. The Morgan fingerprint density at radius 3 is 2.79 bits per heavy atom. The minimum atomic E-state index is -1.18. The zero-order valence-electron chi connectivity index (χ0n) is 18.3.